The van der Waals surface area contributed by atoms with Crippen molar-refractivity contribution >= 4 is 10.0 Å². The van der Waals surface area contributed by atoms with Gasteiger partial charge >= 0.3 is 0 Å². The highest BCUT2D eigenvalue weighted by Gasteiger charge is 2.13. The fraction of sp³-hybridized carbons (Fsp3) is 0.0556. The molecule has 23 heavy (non-hydrogen) atoms. The molecule has 2 aromatic carbocycles. The first kappa shape index (κ1) is 15.4. The average Bonchev–Trinajstić information content (AvgIpc) is 2.62. The van der Waals surface area contributed by atoms with Crippen LogP contribution >= 0.6 is 0 Å². The fourth-order valence-corrected chi connectivity index (χ4v) is 3.19. The van der Waals surface area contributed by atoms with Crippen LogP contribution in [-0.2, 0) is 16.6 Å². The molecule has 3 aromatic rings. The Morgan fingerprint density at radius 1 is 0.826 bits per heavy atom. The molecule has 0 saturated carbocycles. The second-order valence-electron chi connectivity index (χ2n) is 5.08. The van der Waals surface area contributed by atoms with Crippen molar-refractivity contribution < 1.29 is 8.42 Å². The van der Waals surface area contributed by atoms with E-state index in [1.54, 1.807) is 12.3 Å². The molecular weight excluding hydrogens is 308 g/mol. The van der Waals surface area contributed by atoms with E-state index in [2.05, 4.69) is 9.71 Å². The summed E-state index contributed by atoms with van der Waals surface area (Å²) in [5, 5.41) is 0. The van der Waals surface area contributed by atoms with Gasteiger partial charge < -0.3 is 0 Å². The lowest BCUT2D eigenvalue weighted by Crippen LogP contribution is -2.23. The van der Waals surface area contributed by atoms with Crippen LogP contribution in [0.5, 0.6) is 0 Å². The van der Waals surface area contributed by atoms with Crippen LogP contribution in [0.2, 0.25) is 0 Å². The lowest BCUT2D eigenvalue weighted by atomic mass is 10.0. The van der Waals surface area contributed by atoms with Gasteiger partial charge in [0.25, 0.3) is 0 Å². The molecule has 0 unspecified atom stereocenters. The maximum atomic E-state index is 12.1. The molecular formula is C18H16N2O2S. The van der Waals surface area contributed by atoms with E-state index in [0.717, 1.165) is 16.7 Å². The van der Waals surface area contributed by atoms with Crippen LogP contribution in [0.15, 0.2) is 84.0 Å². The average molecular weight is 324 g/mol. The first-order valence-electron chi connectivity index (χ1n) is 7.19. The van der Waals surface area contributed by atoms with Gasteiger partial charge in [-0.15, -0.1) is 0 Å². The summed E-state index contributed by atoms with van der Waals surface area (Å²) >= 11 is 0. The normalized spacial score (nSPS) is 11.3. The van der Waals surface area contributed by atoms with Gasteiger partial charge in [-0.05, 0) is 28.8 Å². The number of nitrogens with zero attached hydrogens (tertiary/aromatic N) is 1. The Morgan fingerprint density at radius 2 is 1.52 bits per heavy atom. The van der Waals surface area contributed by atoms with Crippen molar-refractivity contribution in [3.05, 3.63) is 84.7 Å². The largest absolute Gasteiger partial charge is 0.263 e. The molecule has 1 aromatic heterocycles. The van der Waals surface area contributed by atoms with Gasteiger partial charge in [-0.2, -0.15) is 0 Å². The number of aromatic nitrogens is 1. The molecule has 0 fully saturated rings. The van der Waals surface area contributed by atoms with Crippen LogP contribution in [0.25, 0.3) is 11.1 Å². The highest BCUT2D eigenvalue weighted by Crippen LogP contribution is 2.19. The predicted molar refractivity (Wildman–Crippen MR) is 90.1 cm³/mol. The van der Waals surface area contributed by atoms with Crippen molar-refractivity contribution in [2.24, 2.45) is 0 Å². The minimum atomic E-state index is -3.53. The molecule has 5 heteroatoms. The Kier molecular flexibility index (Phi) is 4.50. The Hall–Kier alpha value is -2.50. The monoisotopic (exact) mass is 324 g/mol. The zero-order valence-corrected chi connectivity index (χ0v) is 13.2. The molecule has 3 rings (SSSR count). The standard InChI is InChI=1S/C18H16N2O2S/c21-23(22,18-7-4-12-19-14-18)20-13-15-8-10-17(11-9-15)16-5-2-1-3-6-16/h1-12,14,20H,13H2. The zero-order chi connectivity index (χ0) is 16.1. The number of hydrogen-bond acceptors (Lipinski definition) is 3. The van der Waals surface area contributed by atoms with E-state index in [9.17, 15) is 8.42 Å². The Bertz CT molecular complexity index is 862. The molecule has 0 bridgehead atoms. The van der Waals surface area contributed by atoms with Gasteiger partial charge in [0.15, 0.2) is 0 Å². The van der Waals surface area contributed by atoms with Gasteiger partial charge in [-0.3, -0.25) is 4.98 Å². The summed E-state index contributed by atoms with van der Waals surface area (Å²) in [5.74, 6) is 0. The van der Waals surface area contributed by atoms with Crippen LogP contribution in [0.1, 0.15) is 5.56 Å². The molecule has 0 saturated heterocycles. The SMILES string of the molecule is O=S(=O)(NCc1ccc(-c2ccccc2)cc1)c1cccnc1. The van der Waals surface area contributed by atoms with Gasteiger partial charge in [0.2, 0.25) is 10.0 Å². The van der Waals surface area contributed by atoms with Crippen molar-refractivity contribution in [1.29, 1.82) is 0 Å². The highest BCUT2D eigenvalue weighted by atomic mass is 32.2. The molecule has 1 heterocycles. The number of sulfonamides is 1. The van der Waals surface area contributed by atoms with E-state index in [1.165, 1.54) is 12.3 Å². The van der Waals surface area contributed by atoms with Crippen molar-refractivity contribution in [3.63, 3.8) is 0 Å². The number of rotatable bonds is 5. The minimum absolute atomic E-state index is 0.168. The van der Waals surface area contributed by atoms with Crippen molar-refractivity contribution in [1.82, 2.24) is 9.71 Å². The van der Waals surface area contributed by atoms with Gasteiger partial charge in [-0.1, -0.05) is 54.6 Å². The molecule has 116 valence electrons. The third-order valence-corrected chi connectivity index (χ3v) is 4.86. The van der Waals surface area contributed by atoms with E-state index < -0.39 is 10.0 Å². The second-order valence-corrected chi connectivity index (χ2v) is 6.84. The Labute approximate surface area is 135 Å². The number of hydrogen-bond donors (Lipinski definition) is 1. The summed E-state index contributed by atoms with van der Waals surface area (Å²) in [5.41, 5.74) is 3.14. The maximum Gasteiger partial charge on any atom is 0.242 e. The van der Waals surface area contributed by atoms with Crippen molar-refractivity contribution in [2.75, 3.05) is 0 Å². The molecule has 0 spiro atoms. The van der Waals surface area contributed by atoms with E-state index in [1.807, 2.05) is 54.6 Å². The van der Waals surface area contributed by atoms with Gasteiger partial charge in [0.1, 0.15) is 4.90 Å². The summed E-state index contributed by atoms with van der Waals surface area (Å²) in [6.07, 6.45) is 2.88. The number of benzene rings is 2. The van der Waals surface area contributed by atoms with E-state index in [4.69, 9.17) is 0 Å². The van der Waals surface area contributed by atoms with Gasteiger partial charge in [0.05, 0.1) is 0 Å². The van der Waals surface area contributed by atoms with E-state index >= 15 is 0 Å². The van der Waals surface area contributed by atoms with E-state index in [0.29, 0.717) is 0 Å². The molecule has 0 aliphatic rings. The summed E-state index contributed by atoms with van der Waals surface area (Å²) in [4.78, 5) is 4.00. The third kappa shape index (κ3) is 3.83. The topological polar surface area (TPSA) is 59.1 Å². The Balaban J connectivity index is 1.70. The van der Waals surface area contributed by atoms with E-state index in [-0.39, 0.29) is 11.4 Å². The van der Waals surface area contributed by atoms with Crippen LogP contribution < -0.4 is 4.72 Å². The minimum Gasteiger partial charge on any atom is -0.263 e. The molecule has 1 N–H and O–H groups in total. The molecule has 0 amide bonds. The molecule has 0 aliphatic heterocycles. The zero-order valence-electron chi connectivity index (χ0n) is 12.4. The summed E-state index contributed by atoms with van der Waals surface area (Å²) < 4.78 is 26.9. The summed E-state index contributed by atoms with van der Waals surface area (Å²) in [7, 11) is -3.53. The summed E-state index contributed by atoms with van der Waals surface area (Å²) in [6, 6.07) is 21.0. The Morgan fingerprint density at radius 3 is 2.17 bits per heavy atom. The van der Waals surface area contributed by atoms with Crippen LogP contribution in [0.3, 0.4) is 0 Å². The molecule has 0 aliphatic carbocycles. The first-order chi connectivity index (χ1) is 11.1. The van der Waals surface area contributed by atoms with Crippen molar-refractivity contribution in [2.45, 2.75) is 11.4 Å². The van der Waals surface area contributed by atoms with Crippen LogP contribution in [0.4, 0.5) is 0 Å². The van der Waals surface area contributed by atoms with Crippen LogP contribution in [-0.4, -0.2) is 13.4 Å². The highest BCUT2D eigenvalue weighted by molar-refractivity contribution is 7.89. The number of pyridine rings is 1. The van der Waals surface area contributed by atoms with Gasteiger partial charge in [-0.25, -0.2) is 13.1 Å². The quantitative estimate of drug-likeness (QED) is 0.784. The summed E-state index contributed by atoms with van der Waals surface area (Å²) in [6.45, 7) is 0.242. The second kappa shape index (κ2) is 6.73. The number of nitrogens with one attached hydrogen (secondary N) is 1. The fourth-order valence-electron chi connectivity index (χ4n) is 2.21. The molecule has 0 atom stereocenters. The lowest BCUT2D eigenvalue weighted by molar-refractivity contribution is 0.581. The molecule has 0 radical (unpaired) electrons. The van der Waals surface area contributed by atoms with Gasteiger partial charge in [0, 0.05) is 18.9 Å². The lowest BCUT2D eigenvalue weighted by Gasteiger charge is -2.07. The maximum absolute atomic E-state index is 12.1. The van der Waals surface area contributed by atoms with Crippen LogP contribution in [0, 0.1) is 0 Å². The third-order valence-electron chi connectivity index (χ3n) is 3.47. The predicted octanol–water partition coefficient (Wildman–Crippen LogP) is 3.23. The first-order valence-corrected chi connectivity index (χ1v) is 8.67. The van der Waals surface area contributed by atoms with Crippen molar-refractivity contribution in [3.8, 4) is 11.1 Å². The molecule has 4 nitrogen and oxygen atoms in total. The smallest absolute Gasteiger partial charge is 0.242 e.